The van der Waals surface area contributed by atoms with Crippen LogP contribution in [0.3, 0.4) is 0 Å². The van der Waals surface area contributed by atoms with Crippen LogP contribution in [0.15, 0.2) is 16.6 Å². The molecule has 0 fully saturated rings. The van der Waals surface area contributed by atoms with Crippen molar-refractivity contribution >= 4 is 49.2 Å². The van der Waals surface area contributed by atoms with Crippen molar-refractivity contribution in [2.75, 3.05) is 5.33 Å². The van der Waals surface area contributed by atoms with E-state index in [1.165, 1.54) is 0 Å². The van der Waals surface area contributed by atoms with Gasteiger partial charge in [0.1, 0.15) is 0 Å². The van der Waals surface area contributed by atoms with Crippen LogP contribution in [-0.2, 0) is 6.18 Å². The number of ketones is 1. The lowest BCUT2D eigenvalue weighted by Crippen LogP contribution is -2.09. The molecule has 0 N–H and O–H groups in total. The Hall–Kier alpha value is -0.0700. The van der Waals surface area contributed by atoms with Crippen LogP contribution in [0.5, 0.6) is 0 Å². The fourth-order valence-corrected chi connectivity index (χ4v) is 2.32. The molecule has 1 aromatic rings. The molecule has 1 rings (SSSR count). The highest BCUT2D eigenvalue weighted by atomic mass is 79.9. The third-order valence-electron chi connectivity index (χ3n) is 1.78. The molecule has 0 saturated heterocycles. The highest BCUT2D eigenvalue weighted by Crippen LogP contribution is 2.37. The first-order chi connectivity index (χ1) is 7.27. The maximum atomic E-state index is 12.5. The van der Waals surface area contributed by atoms with Gasteiger partial charge in [-0.3, -0.25) is 4.79 Å². The molecule has 0 bridgehead atoms. The highest BCUT2D eigenvalue weighted by molar-refractivity contribution is 9.10. The largest absolute Gasteiger partial charge is 0.417 e. The number of carbonyl (C=O) groups is 1. The molecule has 7 heteroatoms. The van der Waals surface area contributed by atoms with E-state index >= 15 is 0 Å². The molecule has 0 spiro atoms. The Labute approximate surface area is 111 Å². The lowest BCUT2D eigenvalue weighted by atomic mass is 10.1. The van der Waals surface area contributed by atoms with Gasteiger partial charge in [0.25, 0.3) is 0 Å². The molecule has 0 aromatic heterocycles. The molecule has 0 atom stereocenters. The summed E-state index contributed by atoms with van der Waals surface area (Å²) in [5, 5.41) is -0.490. The maximum Gasteiger partial charge on any atom is 0.417 e. The Morgan fingerprint density at radius 1 is 1.38 bits per heavy atom. The predicted octanol–water partition coefficient (Wildman–Crippen LogP) is 4.70. The van der Waals surface area contributed by atoms with E-state index in [2.05, 4.69) is 31.9 Å². The maximum absolute atomic E-state index is 12.5. The minimum Gasteiger partial charge on any atom is -0.293 e. The van der Waals surface area contributed by atoms with Crippen LogP contribution >= 0.6 is 43.5 Å². The smallest absolute Gasteiger partial charge is 0.293 e. The minimum absolute atomic E-state index is 0.0476. The summed E-state index contributed by atoms with van der Waals surface area (Å²) in [6.07, 6.45) is -4.57. The number of alkyl halides is 4. The molecule has 0 aliphatic rings. The summed E-state index contributed by atoms with van der Waals surface area (Å²) in [6.45, 7) is 0. The van der Waals surface area contributed by atoms with Gasteiger partial charge in [-0.05, 0) is 28.1 Å². The average molecular weight is 380 g/mol. The van der Waals surface area contributed by atoms with Gasteiger partial charge >= 0.3 is 6.18 Å². The van der Waals surface area contributed by atoms with E-state index in [0.717, 1.165) is 12.1 Å². The Kier molecular flexibility index (Phi) is 4.42. The van der Waals surface area contributed by atoms with E-state index in [0.29, 0.717) is 0 Å². The number of carbonyl (C=O) groups excluding carboxylic acids is 1. The summed E-state index contributed by atoms with van der Waals surface area (Å²) in [6, 6.07) is 1.82. The second kappa shape index (κ2) is 5.06. The fraction of sp³-hybridized carbons (Fsp3) is 0.222. The lowest BCUT2D eigenvalue weighted by Gasteiger charge is -2.11. The molecule has 0 radical (unpaired) electrons. The number of Topliss-reactive ketones (excluding diaryl/α,β-unsaturated/α-hetero) is 1. The van der Waals surface area contributed by atoms with E-state index < -0.39 is 22.5 Å². The summed E-state index contributed by atoms with van der Waals surface area (Å²) in [7, 11) is 0. The molecule has 0 heterocycles. The van der Waals surface area contributed by atoms with E-state index in [4.69, 9.17) is 11.6 Å². The summed E-state index contributed by atoms with van der Waals surface area (Å²) in [5.74, 6) is -0.450. The molecule has 0 aliphatic heterocycles. The topological polar surface area (TPSA) is 17.1 Å². The van der Waals surface area contributed by atoms with Gasteiger partial charge in [-0.15, -0.1) is 0 Å². The summed E-state index contributed by atoms with van der Waals surface area (Å²) in [4.78, 5) is 11.3. The van der Waals surface area contributed by atoms with Crippen molar-refractivity contribution in [2.45, 2.75) is 6.18 Å². The fourth-order valence-electron chi connectivity index (χ4n) is 1.05. The zero-order valence-corrected chi connectivity index (χ0v) is 11.5. The predicted molar refractivity (Wildman–Crippen MR) is 62.3 cm³/mol. The molecule has 1 aromatic carbocycles. The van der Waals surface area contributed by atoms with Crippen molar-refractivity contribution in [2.24, 2.45) is 0 Å². The van der Waals surface area contributed by atoms with E-state index in [-0.39, 0.29) is 15.4 Å². The normalized spacial score (nSPS) is 11.6. The number of hydrogen-bond acceptors (Lipinski definition) is 1. The molecular formula is C9H4Br2ClF3O. The van der Waals surface area contributed by atoms with Crippen molar-refractivity contribution in [3.63, 3.8) is 0 Å². The van der Waals surface area contributed by atoms with Gasteiger partial charge in [-0.25, -0.2) is 0 Å². The second-order valence-electron chi connectivity index (χ2n) is 2.87. The third-order valence-corrected chi connectivity index (χ3v) is 3.26. The Balaban J connectivity index is 3.39. The SMILES string of the molecule is O=C(CBr)c1cc(C(F)(F)F)c(Cl)cc1Br. The van der Waals surface area contributed by atoms with Gasteiger partial charge in [0.05, 0.1) is 15.9 Å². The van der Waals surface area contributed by atoms with E-state index in [9.17, 15) is 18.0 Å². The quantitative estimate of drug-likeness (QED) is 0.537. The summed E-state index contributed by atoms with van der Waals surface area (Å²) >= 11 is 11.4. The number of rotatable bonds is 2. The summed E-state index contributed by atoms with van der Waals surface area (Å²) < 4.78 is 37.8. The third kappa shape index (κ3) is 2.99. The van der Waals surface area contributed by atoms with E-state index in [1.54, 1.807) is 0 Å². The van der Waals surface area contributed by atoms with Gasteiger partial charge in [0, 0.05) is 10.0 Å². The van der Waals surface area contributed by atoms with Crippen LogP contribution in [0.2, 0.25) is 5.02 Å². The first kappa shape index (κ1) is 14.0. The van der Waals surface area contributed by atoms with Gasteiger partial charge in [-0.1, -0.05) is 27.5 Å². The molecular weight excluding hydrogens is 376 g/mol. The molecule has 0 aliphatic carbocycles. The molecule has 0 saturated carbocycles. The van der Waals surface area contributed by atoms with Crippen LogP contribution in [0.1, 0.15) is 15.9 Å². The first-order valence-corrected chi connectivity index (χ1v) is 6.22. The zero-order valence-electron chi connectivity index (χ0n) is 7.54. The van der Waals surface area contributed by atoms with Crippen molar-refractivity contribution in [3.8, 4) is 0 Å². The van der Waals surface area contributed by atoms with Crippen LogP contribution in [0.4, 0.5) is 13.2 Å². The zero-order chi connectivity index (χ0) is 12.5. The van der Waals surface area contributed by atoms with Crippen molar-refractivity contribution in [1.29, 1.82) is 0 Å². The van der Waals surface area contributed by atoms with Crippen LogP contribution in [0, 0.1) is 0 Å². The molecule has 1 nitrogen and oxygen atoms in total. The van der Waals surface area contributed by atoms with Gasteiger partial charge in [0.2, 0.25) is 0 Å². The number of halogens is 6. The van der Waals surface area contributed by atoms with Crippen molar-refractivity contribution < 1.29 is 18.0 Å². The highest BCUT2D eigenvalue weighted by Gasteiger charge is 2.34. The Morgan fingerprint density at radius 3 is 2.38 bits per heavy atom. The monoisotopic (exact) mass is 378 g/mol. The van der Waals surface area contributed by atoms with Gasteiger partial charge in [-0.2, -0.15) is 13.2 Å². The van der Waals surface area contributed by atoms with Crippen molar-refractivity contribution in [3.05, 3.63) is 32.8 Å². The molecule has 0 unspecified atom stereocenters. The van der Waals surface area contributed by atoms with Gasteiger partial charge in [0.15, 0.2) is 5.78 Å². The number of benzene rings is 1. The minimum atomic E-state index is -4.57. The molecule has 88 valence electrons. The number of hydrogen-bond donors (Lipinski definition) is 0. The first-order valence-electron chi connectivity index (χ1n) is 3.92. The van der Waals surface area contributed by atoms with E-state index in [1.807, 2.05) is 0 Å². The molecule has 0 amide bonds. The second-order valence-corrected chi connectivity index (χ2v) is 4.69. The summed E-state index contributed by atoms with van der Waals surface area (Å²) in [5.41, 5.74) is -1.06. The molecule has 16 heavy (non-hydrogen) atoms. The van der Waals surface area contributed by atoms with Gasteiger partial charge < -0.3 is 0 Å². The standard InChI is InChI=1S/C9H4Br2ClF3O/c10-3-8(16)4-1-5(9(13,14)15)7(12)2-6(4)11/h1-2H,3H2. The Bertz CT molecular complexity index is 431. The average Bonchev–Trinajstić information content (AvgIpc) is 2.14. The van der Waals surface area contributed by atoms with Crippen molar-refractivity contribution in [1.82, 2.24) is 0 Å². The van der Waals surface area contributed by atoms with Crippen LogP contribution in [0.25, 0.3) is 0 Å². The van der Waals surface area contributed by atoms with Crippen LogP contribution < -0.4 is 0 Å². The Morgan fingerprint density at radius 2 is 1.94 bits per heavy atom. The lowest BCUT2D eigenvalue weighted by molar-refractivity contribution is -0.137. The van der Waals surface area contributed by atoms with Crippen LogP contribution in [-0.4, -0.2) is 11.1 Å².